The first-order valence-electron chi connectivity index (χ1n) is 11.4. The van der Waals surface area contributed by atoms with Gasteiger partial charge in [0.2, 0.25) is 0 Å². The van der Waals surface area contributed by atoms with Crippen LogP contribution in [0.2, 0.25) is 5.02 Å². The zero-order valence-corrected chi connectivity index (χ0v) is 22.6. The lowest BCUT2D eigenvalue weighted by molar-refractivity contribution is 0.247. The van der Waals surface area contributed by atoms with Crippen LogP contribution < -0.4 is 9.04 Å². The van der Waals surface area contributed by atoms with E-state index in [0.717, 1.165) is 31.6 Å². The molecule has 1 aliphatic rings. The van der Waals surface area contributed by atoms with Crippen LogP contribution in [0.4, 0.5) is 5.69 Å². The molecule has 0 saturated carbocycles. The van der Waals surface area contributed by atoms with Crippen LogP contribution in [0.25, 0.3) is 0 Å². The fourth-order valence-corrected chi connectivity index (χ4v) is 6.42. The summed E-state index contributed by atoms with van der Waals surface area (Å²) < 4.78 is 34.8. The first-order chi connectivity index (χ1) is 16.5. The SMILES string of the molecule is Cl.O=S(=O)(c1ccc(Cl)cc1)N(Cc1ccccc1OCCCN1CCSCC1)c1ccccc1. The summed E-state index contributed by atoms with van der Waals surface area (Å²) in [5.74, 6) is 3.10. The van der Waals surface area contributed by atoms with Crippen molar-refractivity contribution in [1.82, 2.24) is 4.90 Å². The molecular formula is C26H30Cl2N2O3S2. The van der Waals surface area contributed by atoms with Crippen molar-refractivity contribution in [3.63, 3.8) is 0 Å². The van der Waals surface area contributed by atoms with E-state index in [1.54, 1.807) is 24.3 Å². The van der Waals surface area contributed by atoms with Gasteiger partial charge in [-0.15, -0.1) is 12.4 Å². The Hall–Kier alpha value is -1.90. The number of benzene rings is 3. The number of halogens is 2. The number of hydrogen-bond acceptors (Lipinski definition) is 5. The van der Waals surface area contributed by atoms with Gasteiger partial charge in [0.1, 0.15) is 5.75 Å². The average Bonchev–Trinajstić information content (AvgIpc) is 2.87. The van der Waals surface area contributed by atoms with Crippen LogP contribution in [0.1, 0.15) is 12.0 Å². The summed E-state index contributed by atoms with van der Waals surface area (Å²) >= 11 is 8.00. The van der Waals surface area contributed by atoms with Crippen molar-refractivity contribution in [3.05, 3.63) is 89.4 Å². The van der Waals surface area contributed by atoms with Gasteiger partial charge in [-0.25, -0.2) is 8.42 Å². The maximum atomic E-state index is 13.6. The van der Waals surface area contributed by atoms with Crippen molar-refractivity contribution in [3.8, 4) is 5.75 Å². The molecule has 0 atom stereocenters. The Balaban J connectivity index is 0.00000342. The molecule has 1 aliphatic heterocycles. The van der Waals surface area contributed by atoms with Gasteiger partial charge in [-0.05, 0) is 48.9 Å². The molecule has 5 nitrogen and oxygen atoms in total. The Bertz CT molecular complexity index is 1160. The van der Waals surface area contributed by atoms with Gasteiger partial charge in [-0.1, -0.05) is 48.0 Å². The molecule has 188 valence electrons. The van der Waals surface area contributed by atoms with Gasteiger partial charge in [-0.3, -0.25) is 4.31 Å². The van der Waals surface area contributed by atoms with Gasteiger partial charge in [0, 0.05) is 41.7 Å². The fraction of sp³-hybridized carbons (Fsp3) is 0.308. The van der Waals surface area contributed by atoms with E-state index in [2.05, 4.69) is 4.90 Å². The van der Waals surface area contributed by atoms with Gasteiger partial charge in [0.05, 0.1) is 23.7 Å². The molecule has 0 aliphatic carbocycles. The first kappa shape index (κ1) is 27.7. The van der Waals surface area contributed by atoms with Crippen molar-refractivity contribution in [2.24, 2.45) is 0 Å². The largest absolute Gasteiger partial charge is 0.493 e. The third-order valence-electron chi connectivity index (χ3n) is 5.71. The van der Waals surface area contributed by atoms with Crippen LogP contribution in [0.3, 0.4) is 0 Å². The van der Waals surface area contributed by atoms with Gasteiger partial charge in [0.25, 0.3) is 10.0 Å². The second-order valence-electron chi connectivity index (χ2n) is 8.06. The molecule has 35 heavy (non-hydrogen) atoms. The number of nitrogens with zero attached hydrogens (tertiary/aromatic N) is 2. The van der Waals surface area contributed by atoms with Gasteiger partial charge < -0.3 is 9.64 Å². The smallest absolute Gasteiger partial charge is 0.264 e. The number of anilines is 1. The van der Waals surface area contributed by atoms with Crippen molar-refractivity contribution in [2.75, 3.05) is 42.1 Å². The lowest BCUT2D eigenvalue weighted by Gasteiger charge is -2.26. The summed E-state index contributed by atoms with van der Waals surface area (Å²) in [4.78, 5) is 2.67. The highest BCUT2D eigenvalue weighted by molar-refractivity contribution is 7.99. The number of hydrogen-bond donors (Lipinski definition) is 0. The number of sulfonamides is 1. The Morgan fingerprint density at radius 2 is 1.57 bits per heavy atom. The highest BCUT2D eigenvalue weighted by Crippen LogP contribution is 2.29. The van der Waals surface area contributed by atoms with Crippen LogP contribution in [0, 0.1) is 0 Å². The quantitative estimate of drug-likeness (QED) is 0.290. The highest BCUT2D eigenvalue weighted by atomic mass is 35.5. The molecule has 4 rings (SSSR count). The van der Waals surface area contributed by atoms with Gasteiger partial charge in [0.15, 0.2) is 0 Å². The molecule has 0 N–H and O–H groups in total. The molecule has 0 amide bonds. The standard InChI is InChI=1S/C26H29ClN2O3S2.ClH/c27-23-11-13-25(14-12-23)34(30,31)29(24-8-2-1-3-9-24)21-22-7-4-5-10-26(22)32-18-6-15-28-16-19-33-20-17-28;/h1-5,7-14H,6,15-21H2;1H. The maximum absolute atomic E-state index is 13.6. The molecular weight excluding hydrogens is 523 g/mol. The molecule has 0 spiro atoms. The predicted octanol–water partition coefficient (Wildman–Crippen LogP) is 5.98. The summed E-state index contributed by atoms with van der Waals surface area (Å²) in [6, 6.07) is 23.1. The molecule has 1 saturated heterocycles. The Kier molecular flexibility index (Phi) is 10.6. The Morgan fingerprint density at radius 1 is 0.914 bits per heavy atom. The topological polar surface area (TPSA) is 49.9 Å². The normalized spacial score (nSPS) is 14.2. The van der Waals surface area contributed by atoms with Crippen LogP contribution >= 0.6 is 35.8 Å². The van der Waals surface area contributed by atoms with E-state index in [1.165, 1.54) is 27.9 Å². The molecule has 0 radical (unpaired) electrons. The molecule has 3 aromatic carbocycles. The zero-order valence-electron chi connectivity index (χ0n) is 19.4. The summed E-state index contributed by atoms with van der Waals surface area (Å²) in [7, 11) is -3.82. The monoisotopic (exact) mass is 552 g/mol. The van der Waals surface area contributed by atoms with Crippen molar-refractivity contribution in [1.29, 1.82) is 0 Å². The van der Waals surface area contributed by atoms with Gasteiger partial charge in [-0.2, -0.15) is 11.8 Å². The number of ether oxygens (including phenoxy) is 1. The molecule has 9 heteroatoms. The van der Waals surface area contributed by atoms with E-state index in [4.69, 9.17) is 16.3 Å². The molecule has 1 heterocycles. The maximum Gasteiger partial charge on any atom is 0.264 e. The Morgan fingerprint density at radius 3 is 2.29 bits per heavy atom. The minimum absolute atomic E-state index is 0. The third-order valence-corrected chi connectivity index (χ3v) is 8.69. The van der Waals surface area contributed by atoms with E-state index in [-0.39, 0.29) is 23.8 Å². The zero-order chi connectivity index (χ0) is 23.8. The number of rotatable bonds is 10. The molecule has 3 aromatic rings. The second kappa shape index (κ2) is 13.4. The summed E-state index contributed by atoms with van der Waals surface area (Å²) in [6.45, 7) is 4.04. The van der Waals surface area contributed by atoms with Crippen LogP contribution in [-0.2, 0) is 16.6 Å². The molecule has 0 aromatic heterocycles. The highest BCUT2D eigenvalue weighted by Gasteiger charge is 2.26. The van der Waals surface area contributed by atoms with E-state index in [1.807, 2.05) is 54.2 Å². The minimum atomic E-state index is -3.82. The fourth-order valence-electron chi connectivity index (χ4n) is 3.87. The molecule has 0 bridgehead atoms. The predicted molar refractivity (Wildman–Crippen MR) is 149 cm³/mol. The summed E-state index contributed by atoms with van der Waals surface area (Å²) in [5, 5.41) is 0.493. The lowest BCUT2D eigenvalue weighted by Crippen LogP contribution is -2.34. The van der Waals surface area contributed by atoms with Crippen molar-refractivity contribution < 1.29 is 13.2 Å². The Labute approximate surface area is 223 Å². The van der Waals surface area contributed by atoms with E-state index >= 15 is 0 Å². The average molecular weight is 554 g/mol. The minimum Gasteiger partial charge on any atom is -0.493 e. The second-order valence-corrected chi connectivity index (χ2v) is 11.6. The number of para-hydroxylation sites is 2. The van der Waals surface area contributed by atoms with Gasteiger partial charge >= 0.3 is 0 Å². The number of thioether (sulfide) groups is 1. The van der Waals surface area contributed by atoms with E-state index < -0.39 is 10.0 Å². The molecule has 1 fully saturated rings. The van der Waals surface area contributed by atoms with Crippen LogP contribution in [0.15, 0.2) is 83.8 Å². The summed E-state index contributed by atoms with van der Waals surface area (Å²) in [5.41, 5.74) is 1.41. The van der Waals surface area contributed by atoms with Crippen molar-refractivity contribution >= 4 is 51.5 Å². The van der Waals surface area contributed by atoms with Crippen LogP contribution in [-0.4, -0.2) is 51.1 Å². The van der Waals surface area contributed by atoms with E-state index in [9.17, 15) is 8.42 Å². The third kappa shape index (κ3) is 7.54. The van der Waals surface area contributed by atoms with E-state index in [0.29, 0.717) is 23.1 Å². The molecule has 0 unspecified atom stereocenters. The lowest BCUT2D eigenvalue weighted by atomic mass is 10.2. The van der Waals surface area contributed by atoms with Crippen LogP contribution in [0.5, 0.6) is 5.75 Å². The first-order valence-corrected chi connectivity index (χ1v) is 14.4. The van der Waals surface area contributed by atoms with Crippen molar-refractivity contribution in [2.45, 2.75) is 17.9 Å². The summed E-state index contributed by atoms with van der Waals surface area (Å²) in [6.07, 6.45) is 0.935.